The van der Waals surface area contributed by atoms with E-state index in [1.807, 2.05) is 12.1 Å². The molecule has 1 N–H and O–H groups in total. The first-order valence-corrected chi connectivity index (χ1v) is 11.0. The second kappa shape index (κ2) is 11.6. The fourth-order valence-electron chi connectivity index (χ4n) is 3.03. The van der Waals surface area contributed by atoms with Crippen molar-refractivity contribution in [3.05, 3.63) is 93.5 Å². The second-order valence-electron chi connectivity index (χ2n) is 7.27. The van der Waals surface area contributed by atoms with Gasteiger partial charge in [0.1, 0.15) is 23.7 Å². The zero-order valence-corrected chi connectivity index (χ0v) is 19.5. The van der Waals surface area contributed by atoms with Crippen LogP contribution in [0, 0.1) is 0 Å². The standard InChI is InChI=1S/C25H23Cl2NO5/c1-28(24(29)18-4-8-20(27)9-5-18)13-15-32-21-10-11-22(25(30)31)23(16-21)33-14-12-17-2-6-19(26)7-3-17/h2-11,16H,12-15H2,1H3,(H,30,31). The lowest BCUT2D eigenvalue weighted by Gasteiger charge is -2.18. The molecule has 0 saturated carbocycles. The van der Waals surface area contributed by atoms with Gasteiger partial charge in [0.05, 0.1) is 13.2 Å². The Bertz CT molecular complexity index is 1100. The summed E-state index contributed by atoms with van der Waals surface area (Å²) in [4.78, 5) is 25.6. The molecule has 0 saturated heterocycles. The Hall–Kier alpha value is -3.22. The maximum Gasteiger partial charge on any atom is 0.339 e. The van der Waals surface area contributed by atoms with Crippen LogP contribution in [-0.2, 0) is 6.42 Å². The number of carbonyl (C=O) groups excluding carboxylic acids is 1. The highest BCUT2D eigenvalue weighted by molar-refractivity contribution is 6.30. The van der Waals surface area contributed by atoms with Crippen LogP contribution in [0.3, 0.4) is 0 Å². The van der Waals surface area contributed by atoms with Crippen LogP contribution in [0.1, 0.15) is 26.3 Å². The Balaban J connectivity index is 1.56. The molecule has 0 aliphatic carbocycles. The van der Waals surface area contributed by atoms with Crippen molar-refractivity contribution in [3.8, 4) is 11.5 Å². The number of amides is 1. The Labute approximate surface area is 202 Å². The van der Waals surface area contributed by atoms with E-state index in [0.29, 0.717) is 40.9 Å². The largest absolute Gasteiger partial charge is 0.492 e. The van der Waals surface area contributed by atoms with Crippen molar-refractivity contribution >= 4 is 35.1 Å². The summed E-state index contributed by atoms with van der Waals surface area (Å²) < 4.78 is 11.5. The molecule has 8 heteroatoms. The molecule has 33 heavy (non-hydrogen) atoms. The van der Waals surface area contributed by atoms with Crippen molar-refractivity contribution in [1.29, 1.82) is 0 Å². The van der Waals surface area contributed by atoms with Crippen molar-refractivity contribution in [3.63, 3.8) is 0 Å². The molecule has 6 nitrogen and oxygen atoms in total. The maximum atomic E-state index is 12.5. The molecule has 3 aromatic rings. The molecule has 0 atom stereocenters. The number of benzene rings is 3. The quantitative estimate of drug-likeness (QED) is 0.410. The molecule has 0 spiro atoms. The number of hydrogen-bond donors (Lipinski definition) is 1. The van der Waals surface area contributed by atoms with E-state index in [4.69, 9.17) is 32.7 Å². The number of likely N-dealkylation sites (N-methyl/N-ethyl adjacent to an activating group) is 1. The molecular weight excluding hydrogens is 465 g/mol. The molecule has 0 unspecified atom stereocenters. The molecule has 0 aromatic heterocycles. The number of hydrogen-bond acceptors (Lipinski definition) is 4. The Morgan fingerprint density at radius 3 is 2.15 bits per heavy atom. The number of halogens is 2. The predicted molar refractivity (Wildman–Crippen MR) is 128 cm³/mol. The van der Waals surface area contributed by atoms with Crippen molar-refractivity contribution in [1.82, 2.24) is 4.90 Å². The lowest BCUT2D eigenvalue weighted by atomic mass is 10.1. The minimum Gasteiger partial charge on any atom is -0.492 e. The monoisotopic (exact) mass is 487 g/mol. The van der Waals surface area contributed by atoms with Gasteiger partial charge >= 0.3 is 5.97 Å². The van der Waals surface area contributed by atoms with Crippen LogP contribution < -0.4 is 9.47 Å². The van der Waals surface area contributed by atoms with E-state index < -0.39 is 5.97 Å². The number of carbonyl (C=O) groups is 2. The minimum absolute atomic E-state index is 0.0495. The minimum atomic E-state index is -1.09. The van der Waals surface area contributed by atoms with Crippen molar-refractivity contribution in [2.45, 2.75) is 6.42 Å². The van der Waals surface area contributed by atoms with E-state index in [-0.39, 0.29) is 23.8 Å². The van der Waals surface area contributed by atoms with E-state index in [9.17, 15) is 14.7 Å². The molecule has 172 valence electrons. The molecule has 1 amide bonds. The van der Waals surface area contributed by atoms with Crippen LogP contribution in [0.2, 0.25) is 10.0 Å². The van der Waals surface area contributed by atoms with Gasteiger partial charge in [-0.3, -0.25) is 4.79 Å². The fraction of sp³-hybridized carbons (Fsp3) is 0.200. The average Bonchev–Trinajstić information content (AvgIpc) is 2.80. The van der Waals surface area contributed by atoms with Crippen molar-refractivity contribution in [2.75, 3.05) is 26.8 Å². The van der Waals surface area contributed by atoms with Gasteiger partial charge in [0.15, 0.2) is 0 Å². The summed E-state index contributed by atoms with van der Waals surface area (Å²) in [7, 11) is 1.68. The van der Waals surface area contributed by atoms with Gasteiger partial charge in [0.25, 0.3) is 5.91 Å². The Morgan fingerprint density at radius 1 is 0.879 bits per heavy atom. The van der Waals surface area contributed by atoms with Crippen LogP contribution in [0.25, 0.3) is 0 Å². The van der Waals surface area contributed by atoms with Gasteiger partial charge in [-0.2, -0.15) is 0 Å². The van der Waals surface area contributed by atoms with Gasteiger partial charge in [0.2, 0.25) is 0 Å². The smallest absolute Gasteiger partial charge is 0.339 e. The molecule has 0 aliphatic heterocycles. The third kappa shape index (κ3) is 7.14. The highest BCUT2D eigenvalue weighted by Crippen LogP contribution is 2.25. The van der Waals surface area contributed by atoms with Gasteiger partial charge in [-0.05, 0) is 54.1 Å². The molecular formula is C25H23Cl2NO5. The highest BCUT2D eigenvalue weighted by atomic mass is 35.5. The number of nitrogens with zero attached hydrogens (tertiary/aromatic N) is 1. The summed E-state index contributed by atoms with van der Waals surface area (Å²) in [6, 6.07) is 18.6. The summed E-state index contributed by atoms with van der Waals surface area (Å²) in [6.45, 7) is 0.866. The molecule has 0 radical (unpaired) electrons. The number of carboxylic acid groups (broad SMARTS) is 1. The van der Waals surface area contributed by atoms with Gasteiger partial charge < -0.3 is 19.5 Å². The second-order valence-corrected chi connectivity index (χ2v) is 8.14. The summed E-state index contributed by atoms with van der Waals surface area (Å²) in [5, 5.41) is 10.7. The van der Waals surface area contributed by atoms with E-state index in [0.717, 1.165) is 5.56 Å². The third-order valence-electron chi connectivity index (χ3n) is 4.88. The first kappa shape index (κ1) is 24.4. The number of rotatable bonds is 10. The third-order valence-corrected chi connectivity index (χ3v) is 5.38. The summed E-state index contributed by atoms with van der Waals surface area (Å²) in [5.74, 6) is -0.563. The highest BCUT2D eigenvalue weighted by Gasteiger charge is 2.14. The van der Waals surface area contributed by atoms with Crippen LogP contribution in [0.15, 0.2) is 66.7 Å². The fourth-order valence-corrected chi connectivity index (χ4v) is 3.29. The molecule has 0 heterocycles. The summed E-state index contributed by atoms with van der Waals surface area (Å²) >= 11 is 11.8. The van der Waals surface area contributed by atoms with E-state index in [1.165, 1.54) is 6.07 Å². The van der Waals surface area contributed by atoms with Crippen LogP contribution >= 0.6 is 23.2 Å². The van der Waals surface area contributed by atoms with Gasteiger partial charge in [-0.25, -0.2) is 4.79 Å². The van der Waals surface area contributed by atoms with Crippen LogP contribution in [-0.4, -0.2) is 48.7 Å². The van der Waals surface area contributed by atoms with Crippen molar-refractivity contribution in [2.24, 2.45) is 0 Å². The van der Waals surface area contributed by atoms with E-state index in [2.05, 4.69) is 0 Å². The lowest BCUT2D eigenvalue weighted by Crippen LogP contribution is -2.30. The van der Waals surface area contributed by atoms with Gasteiger partial charge in [-0.1, -0.05) is 35.3 Å². The Morgan fingerprint density at radius 2 is 1.52 bits per heavy atom. The number of carboxylic acids is 1. The zero-order valence-electron chi connectivity index (χ0n) is 18.0. The lowest BCUT2D eigenvalue weighted by molar-refractivity contribution is 0.0690. The van der Waals surface area contributed by atoms with E-state index in [1.54, 1.807) is 60.5 Å². The Kier molecular flexibility index (Phi) is 8.58. The van der Waals surface area contributed by atoms with Crippen molar-refractivity contribution < 1.29 is 24.2 Å². The summed E-state index contributed by atoms with van der Waals surface area (Å²) in [6.07, 6.45) is 0.596. The zero-order chi connectivity index (χ0) is 23.8. The topological polar surface area (TPSA) is 76.1 Å². The average molecular weight is 488 g/mol. The maximum absolute atomic E-state index is 12.5. The first-order chi connectivity index (χ1) is 15.8. The molecule has 0 bridgehead atoms. The van der Waals surface area contributed by atoms with Gasteiger partial charge in [0, 0.05) is 35.1 Å². The number of aromatic carboxylic acids is 1. The summed E-state index contributed by atoms with van der Waals surface area (Å²) in [5.41, 5.74) is 1.61. The molecule has 3 rings (SSSR count). The van der Waals surface area contributed by atoms with Gasteiger partial charge in [-0.15, -0.1) is 0 Å². The SMILES string of the molecule is CN(CCOc1ccc(C(=O)O)c(OCCc2ccc(Cl)cc2)c1)C(=O)c1ccc(Cl)cc1. The van der Waals surface area contributed by atoms with Crippen LogP contribution in [0.4, 0.5) is 0 Å². The molecule has 0 fully saturated rings. The number of ether oxygens (including phenoxy) is 2. The van der Waals surface area contributed by atoms with Crippen LogP contribution in [0.5, 0.6) is 11.5 Å². The molecule has 0 aliphatic rings. The first-order valence-electron chi connectivity index (χ1n) is 10.2. The normalized spacial score (nSPS) is 10.5. The molecule has 3 aromatic carbocycles. The van der Waals surface area contributed by atoms with E-state index >= 15 is 0 Å². The predicted octanol–water partition coefficient (Wildman–Crippen LogP) is 5.46.